The van der Waals surface area contributed by atoms with Gasteiger partial charge in [0.15, 0.2) is 0 Å². The minimum atomic E-state index is -0.398. The molecule has 1 atom stereocenters. The summed E-state index contributed by atoms with van der Waals surface area (Å²) in [6.07, 6.45) is 3.61. The maximum Gasteiger partial charge on any atom is 0.269 e. The number of nitrogens with zero attached hydrogens (tertiary/aromatic N) is 2. The third-order valence-corrected chi connectivity index (χ3v) is 2.78. The van der Waals surface area contributed by atoms with E-state index in [9.17, 15) is 10.1 Å². The Bertz CT molecular complexity index is 507. The summed E-state index contributed by atoms with van der Waals surface area (Å²) in [5.74, 6) is 0. The zero-order valence-electron chi connectivity index (χ0n) is 9.96. The van der Waals surface area contributed by atoms with Crippen molar-refractivity contribution in [2.75, 3.05) is 0 Å². The standard InChI is InChI=1S/C12H14N4O2/c1-9(11-7-14-15-8-11)13-6-10-2-4-12(5-3-10)16(17)18/h2-5,7-9,13H,6H2,1H3,(H,14,15). The molecule has 0 amide bonds. The monoisotopic (exact) mass is 246 g/mol. The molecule has 0 saturated carbocycles. The highest BCUT2D eigenvalue weighted by molar-refractivity contribution is 5.32. The Hall–Kier alpha value is -2.21. The number of H-pyrrole nitrogens is 1. The van der Waals surface area contributed by atoms with Gasteiger partial charge in [0.2, 0.25) is 0 Å². The van der Waals surface area contributed by atoms with Crippen LogP contribution in [0.5, 0.6) is 0 Å². The first-order valence-electron chi connectivity index (χ1n) is 5.62. The average molecular weight is 246 g/mol. The zero-order valence-corrected chi connectivity index (χ0v) is 9.96. The molecule has 2 rings (SSSR count). The van der Waals surface area contributed by atoms with Crippen molar-refractivity contribution in [3.8, 4) is 0 Å². The van der Waals surface area contributed by atoms with Crippen LogP contribution in [0.1, 0.15) is 24.1 Å². The van der Waals surface area contributed by atoms with E-state index in [1.165, 1.54) is 12.1 Å². The maximum atomic E-state index is 10.5. The molecule has 0 bridgehead atoms. The van der Waals surface area contributed by atoms with Crippen molar-refractivity contribution >= 4 is 5.69 Å². The maximum absolute atomic E-state index is 10.5. The van der Waals surface area contributed by atoms with Gasteiger partial charge in [-0.05, 0) is 12.5 Å². The smallest absolute Gasteiger partial charge is 0.269 e. The van der Waals surface area contributed by atoms with E-state index in [2.05, 4.69) is 15.5 Å². The molecule has 0 aliphatic rings. The molecule has 2 N–H and O–H groups in total. The zero-order chi connectivity index (χ0) is 13.0. The molecular weight excluding hydrogens is 232 g/mol. The fourth-order valence-electron chi connectivity index (χ4n) is 1.62. The number of aromatic nitrogens is 2. The van der Waals surface area contributed by atoms with Gasteiger partial charge < -0.3 is 5.32 Å². The minimum absolute atomic E-state index is 0.113. The second kappa shape index (κ2) is 5.42. The van der Waals surface area contributed by atoms with Crippen molar-refractivity contribution in [2.24, 2.45) is 0 Å². The van der Waals surface area contributed by atoms with Gasteiger partial charge in [-0.3, -0.25) is 15.2 Å². The highest BCUT2D eigenvalue weighted by atomic mass is 16.6. The highest BCUT2D eigenvalue weighted by Crippen LogP contribution is 2.14. The van der Waals surface area contributed by atoms with Crippen molar-refractivity contribution in [3.63, 3.8) is 0 Å². The molecule has 0 aliphatic carbocycles. The van der Waals surface area contributed by atoms with Gasteiger partial charge in [-0.2, -0.15) is 5.10 Å². The molecule has 0 fully saturated rings. The first-order valence-corrected chi connectivity index (χ1v) is 5.62. The van der Waals surface area contributed by atoms with Crippen LogP contribution in [0.15, 0.2) is 36.7 Å². The van der Waals surface area contributed by atoms with Crippen LogP contribution in [-0.2, 0) is 6.54 Å². The van der Waals surface area contributed by atoms with Crippen molar-refractivity contribution in [2.45, 2.75) is 19.5 Å². The van der Waals surface area contributed by atoms with Crippen molar-refractivity contribution in [1.29, 1.82) is 0 Å². The summed E-state index contributed by atoms with van der Waals surface area (Å²) >= 11 is 0. The van der Waals surface area contributed by atoms with E-state index in [0.717, 1.165) is 11.1 Å². The predicted molar refractivity (Wildman–Crippen MR) is 66.9 cm³/mol. The summed E-state index contributed by atoms with van der Waals surface area (Å²) in [5, 5.41) is 20.5. The van der Waals surface area contributed by atoms with E-state index in [0.29, 0.717) is 6.54 Å². The molecule has 1 unspecified atom stereocenters. The summed E-state index contributed by atoms with van der Waals surface area (Å²) in [5.41, 5.74) is 2.20. The summed E-state index contributed by atoms with van der Waals surface area (Å²) in [6, 6.07) is 6.72. The molecule has 0 radical (unpaired) electrons. The van der Waals surface area contributed by atoms with Crippen LogP contribution in [-0.4, -0.2) is 15.1 Å². The van der Waals surface area contributed by atoms with Gasteiger partial charge in [0, 0.05) is 36.5 Å². The number of benzene rings is 1. The first-order chi connectivity index (χ1) is 8.66. The largest absolute Gasteiger partial charge is 0.306 e. The molecule has 6 nitrogen and oxygen atoms in total. The number of nitro benzene ring substituents is 1. The lowest BCUT2D eigenvalue weighted by atomic mass is 10.1. The first kappa shape index (κ1) is 12.3. The third-order valence-electron chi connectivity index (χ3n) is 2.78. The number of nitro groups is 1. The molecule has 0 aliphatic heterocycles. The van der Waals surface area contributed by atoms with E-state index < -0.39 is 4.92 Å². The Labute approximate surface area is 104 Å². The third kappa shape index (κ3) is 2.92. The Morgan fingerprint density at radius 3 is 2.72 bits per heavy atom. The van der Waals surface area contributed by atoms with Gasteiger partial charge in [-0.25, -0.2) is 0 Å². The molecular formula is C12H14N4O2. The lowest BCUT2D eigenvalue weighted by molar-refractivity contribution is -0.384. The van der Waals surface area contributed by atoms with Gasteiger partial charge in [-0.15, -0.1) is 0 Å². The topological polar surface area (TPSA) is 83.8 Å². The van der Waals surface area contributed by atoms with E-state index in [-0.39, 0.29) is 11.7 Å². The number of rotatable bonds is 5. The fourth-order valence-corrected chi connectivity index (χ4v) is 1.62. The Balaban J connectivity index is 1.92. The molecule has 0 saturated heterocycles. The average Bonchev–Trinajstić information content (AvgIpc) is 2.90. The number of hydrogen-bond donors (Lipinski definition) is 2. The van der Waals surface area contributed by atoms with E-state index in [1.807, 2.05) is 13.1 Å². The summed E-state index contributed by atoms with van der Waals surface area (Å²) in [6.45, 7) is 2.70. The summed E-state index contributed by atoms with van der Waals surface area (Å²) in [7, 11) is 0. The van der Waals surface area contributed by atoms with Crippen LogP contribution in [0.4, 0.5) is 5.69 Å². The molecule has 0 spiro atoms. The normalized spacial score (nSPS) is 12.3. The van der Waals surface area contributed by atoms with Gasteiger partial charge in [0.25, 0.3) is 5.69 Å². The second-order valence-corrected chi connectivity index (χ2v) is 4.06. The number of aromatic amines is 1. The number of nitrogens with one attached hydrogen (secondary N) is 2. The molecule has 6 heteroatoms. The molecule has 2 aromatic rings. The van der Waals surface area contributed by atoms with Crippen LogP contribution in [0.25, 0.3) is 0 Å². The van der Waals surface area contributed by atoms with E-state index in [1.54, 1.807) is 18.3 Å². The molecule has 18 heavy (non-hydrogen) atoms. The van der Waals surface area contributed by atoms with Crippen LogP contribution in [0.3, 0.4) is 0 Å². The second-order valence-electron chi connectivity index (χ2n) is 4.06. The van der Waals surface area contributed by atoms with Crippen molar-refractivity contribution in [1.82, 2.24) is 15.5 Å². The van der Waals surface area contributed by atoms with Crippen LogP contribution >= 0.6 is 0 Å². The molecule has 94 valence electrons. The van der Waals surface area contributed by atoms with Crippen LogP contribution < -0.4 is 5.32 Å². The van der Waals surface area contributed by atoms with Gasteiger partial charge >= 0.3 is 0 Å². The minimum Gasteiger partial charge on any atom is -0.306 e. The summed E-state index contributed by atoms with van der Waals surface area (Å²) in [4.78, 5) is 10.1. The lowest BCUT2D eigenvalue weighted by Crippen LogP contribution is -2.17. The van der Waals surface area contributed by atoms with E-state index in [4.69, 9.17) is 0 Å². The fraction of sp³-hybridized carbons (Fsp3) is 0.250. The predicted octanol–water partition coefficient (Wildman–Crippen LogP) is 2.17. The molecule has 1 heterocycles. The number of non-ortho nitro benzene ring substituents is 1. The van der Waals surface area contributed by atoms with Gasteiger partial charge in [0.1, 0.15) is 0 Å². The SMILES string of the molecule is CC(NCc1ccc([N+](=O)[O-])cc1)c1cn[nH]c1. The van der Waals surface area contributed by atoms with Gasteiger partial charge in [-0.1, -0.05) is 12.1 Å². The van der Waals surface area contributed by atoms with Crippen molar-refractivity contribution in [3.05, 3.63) is 57.9 Å². The highest BCUT2D eigenvalue weighted by Gasteiger charge is 2.07. The Kier molecular flexibility index (Phi) is 3.69. The number of hydrogen-bond acceptors (Lipinski definition) is 4. The van der Waals surface area contributed by atoms with Crippen LogP contribution in [0, 0.1) is 10.1 Å². The van der Waals surface area contributed by atoms with Crippen molar-refractivity contribution < 1.29 is 4.92 Å². The van der Waals surface area contributed by atoms with E-state index >= 15 is 0 Å². The molecule has 1 aromatic carbocycles. The quantitative estimate of drug-likeness (QED) is 0.625. The lowest BCUT2D eigenvalue weighted by Gasteiger charge is -2.11. The summed E-state index contributed by atoms with van der Waals surface area (Å²) < 4.78 is 0. The van der Waals surface area contributed by atoms with Crippen LogP contribution in [0.2, 0.25) is 0 Å². The Morgan fingerprint density at radius 1 is 1.44 bits per heavy atom. The van der Waals surface area contributed by atoms with Gasteiger partial charge in [0.05, 0.1) is 11.1 Å². The molecule has 1 aromatic heterocycles. The Morgan fingerprint density at radius 2 is 2.17 bits per heavy atom.